The molecule has 6 heteroatoms. The Labute approximate surface area is 221 Å². The second-order valence-corrected chi connectivity index (χ2v) is 10.7. The number of unbranched alkanes of at least 4 members (excludes halogenated alkanes) is 1. The van der Waals surface area contributed by atoms with Crippen molar-refractivity contribution in [3.63, 3.8) is 0 Å². The molecule has 2 aromatic carbocycles. The van der Waals surface area contributed by atoms with Crippen molar-refractivity contribution < 1.29 is 23.7 Å². The molecule has 0 atom stereocenters. The molecular formula is C31H39NO5. The topological polar surface area (TPSA) is 66.0 Å². The third-order valence-corrected chi connectivity index (χ3v) is 5.82. The Balaban J connectivity index is 1.57. The zero-order chi connectivity index (χ0) is 26.9. The van der Waals surface area contributed by atoms with Gasteiger partial charge in [0.05, 0.1) is 19.8 Å². The molecule has 0 bridgehead atoms. The number of carbonyl (C=O) groups excluding carboxylic acids is 1. The molecule has 0 aliphatic carbocycles. The third-order valence-electron chi connectivity index (χ3n) is 5.82. The Kier molecular flexibility index (Phi) is 9.56. The number of hydrogen-bond acceptors (Lipinski definition) is 5. The van der Waals surface area contributed by atoms with Gasteiger partial charge in [-0.1, -0.05) is 60.9 Å². The minimum atomic E-state index is -0.954. The van der Waals surface area contributed by atoms with Gasteiger partial charge in [0.25, 0.3) is 0 Å². The van der Waals surface area contributed by atoms with Crippen molar-refractivity contribution >= 4 is 11.7 Å². The van der Waals surface area contributed by atoms with Crippen molar-refractivity contribution in [1.82, 2.24) is 5.32 Å². The molecule has 1 aliphatic rings. The van der Waals surface area contributed by atoms with Crippen LogP contribution in [0, 0.1) is 11.8 Å². The molecule has 6 nitrogen and oxygen atoms in total. The molecule has 1 saturated heterocycles. The fourth-order valence-electron chi connectivity index (χ4n) is 3.72. The Bertz CT molecular complexity index is 1090. The van der Waals surface area contributed by atoms with Gasteiger partial charge in [-0.15, -0.1) is 0 Å². The SMILES string of the molecule is C=C(c1ccc(C#CCCCOCc2ccccc2)cc1)C1(NC(=O)OC(C)(C)C)COC(C)(C)OC1. The van der Waals surface area contributed by atoms with Crippen LogP contribution in [-0.2, 0) is 25.6 Å². The van der Waals surface area contributed by atoms with Crippen molar-refractivity contribution in [2.75, 3.05) is 19.8 Å². The molecular weight excluding hydrogens is 466 g/mol. The number of benzene rings is 2. The summed E-state index contributed by atoms with van der Waals surface area (Å²) in [7, 11) is 0. The summed E-state index contributed by atoms with van der Waals surface area (Å²) < 4.78 is 23.0. The largest absolute Gasteiger partial charge is 0.444 e. The molecule has 1 fully saturated rings. The molecule has 0 spiro atoms. The highest BCUT2D eigenvalue weighted by molar-refractivity contribution is 5.79. The van der Waals surface area contributed by atoms with E-state index in [4.69, 9.17) is 18.9 Å². The summed E-state index contributed by atoms with van der Waals surface area (Å²) in [6, 6.07) is 18.0. The van der Waals surface area contributed by atoms with E-state index in [0.717, 1.165) is 24.0 Å². The van der Waals surface area contributed by atoms with Crippen LogP contribution in [0.5, 0.6) is 0 Å². The third kappa shape index (κ3) is 9.05. The first-order valence-electron chi connectivity index (χ1n) is 12.7. The number of alkyl carbamates (subject to hydrolysis) is 1. The quantitative estimate of drug-likeness (QED) is 0.347. The average molecular weight is 506 g/mol. The van der Waals surface area contributed by atoms with Crippen LogP contribution in [0.2, 0.25) is 0 Å². The molecule has 1 N–H and O–H groups in total. The number of amides is 1. The maximum Gasteiger partial charge on any atom is 0.408 e. The Hall–Kier alpha value is -3.11. The van der Waals surface area contributed by atoms with Crippen molar-refractivity contribution in [3.8, 4) is 11.8 Å². The molecule has 0 saturated carbocycles. The van der Waals surface area contributed by atoms with Gasteiger partial charge in [-0.25, -0.2) is 4.79 Å². The van der Waals surface area contributed by atoms with E-state index < -0.39 is 23.0 Å². The summed E-state index contributed by atoms with van der Waals surface area (Å²) in [6.07, 6.45) is 1.09. The van der Waals surface area contributed by atoms with E-state index in [1.54, 1.807) is 0 Å². The number of nitrogens with one attached hydrogen (secondary N) is 1. The van der Waals surface area contributed by atoms with Gasteiger partial charge in [-0.2, -0.15) is 0 Å². The van der Waals surface area contributed by atoms with Gasteiger partial charge in [0, 0.05) is 18.6 Å². The van der Waals surface area contributed by atoms with Gasteiger partial charge in [-0.3, -0.25) is 0 Å². The number of carbonyl (C=O) groups is 1. The highest BCUT2D eigenvalue weighted by Gasteiger charge is 2.44. The van der Waals surface area contributed by atoms with Gasteiger partial charge in [0.15, 0.2) is 5.79 Å². The van der Waals surface area contributed by atoms with E-state index in [0.29, 0.717) is 18.8 Å². The fourth-order valence-corrected chi connectivity index (χ4v) is 3.72. The maximum atomic E-state index is 12.7. The average Bonchev–Trinajstić information content (AvgIpc) is 2.84. The maximum absolute atomic E-state index is 12.7. The lowest BCUT2D eigenvalue weighted by atomic mass is 9.86. The van der Waals surface area contributed by atoms with Crippen LogP contribution in [0.25, 0.3) is 5.57 Å². The molecule has 0 unspecified atom stereocenters. The molecule has 3 rings (SSSR count). The van der Waals surface area contributed by atoms with Crippen LogP contribution in [-0.4, -0.2) is 42.8 Å². The van der Waals surface area contributed by atoms with E-state index in [-0.39, 0.29) is 13.2 Å². The van der Waals surface area contributed by atoms with Crippen LogP contribution in [0.15, 0.2) is 61.2 Å². The van der Waals surface area contributed by atoms with Crippen molar-refractivity contribution in [3.05, 3.63) is 77.9 Å². The zero-order valence-electron chi connectivity index (χ0n) is 22.7. The normalized spacial score (nSPS) is 16.2. The predicted molar refractivity (Wildman–Crippen MR) is 146 cm³/mol. The van der Waals surface area contributed by atoms with E-state index >= 15 is 0 Å². The van der Waals surface area contributed by atoms with Crippen LogP contribution in [0.4, 0.5) is 4.79 Å². The second-order valence-electron chi connectivity index (χ2n) is 10.7. The van der Waals surface area contributed by atoms with Gasteiger partial charge < -0.3 is 24.3 Å². The second kappa shape index (κ2) is 12.4. The smallest absolute Gasteiger partial charge is 0.408 e. The summed E-state index contributed by atoms with van der Waals surface area (Å²) in [5.74, 6) is 5.67. The van der Waals surface area contributed by atoms with Crippen molar-refractivity contribution in [2.45, 2.75) is 71.0 Å². The molecule has 0 radical (unpaired) electrons. The summed E-state index contributed by atoms with van der Waals surface area (Å²) in [6.45, 7) is 15.2. The van der Waals surface area contributed by atoms with Crippen LogP contribution in [0.3, 0.4) is 0 Å². The van der Waals surface area contributed by atoms with Gasteiger partial charge in [0.1, 0.15) is 11.1 Å². The highest BCUT2D eigenvalue weighted by atomic mass is 16.7. The molecule has 1 aliphatic heterocycles. The lowest BCUT2D eigenvalue weighted by Crippen LogP contribution is -2.62. The van der Waals surface area contributed by atoms with Crippen LogP contribution in [0.1, 0.15) is 64.2 Å². The fraction of sp³-hybridized carbons (Fsp3) is 0.452. The number of rotatable bonds is 8. The summed E-state index contributed by atoms with van der Waals surface area (Å²) >= 11 is 0. The van der Waals surface area contributed by atoms with Crippen LogP contribution >= 0.6 is 0 Å². The van der Waals surface area contributed by atoms with Crippen molar-refractivity contribution in [2.24, 2.45) is 0 Å². The number of hydrogen-bond donors (Lipinski definition) is 1. The Morgan fingerprint density at radius 1 is 1.05 bits per heavy atom. The molecule has 2 aromatic rings. The van der Waals surface area contributed by atoms with E-state index in [1.807, 2.05) is 77.1 Å². The first kappa shape index (κ1) is 28.5. The van der Waals surface area contributed by atoms with E-state index in [9.17, 15) is 4.79 Å². The summed E-state index contributed by atoms with van der Waals surface area (Å²) in [5.41, 5.74) is 2.05. The minimum absolute atomic E-state index is 0.214. The summed E-state index contributed by atoms with van der Waals surface area (Å²) in [5, 5.41) is 2.96. The Morgan fingerprint density at radius 3 is 2.32 bits per heavy atom. The first-order chi connectivity index (χ1) is 17.5. The first-order valence-corrected chi connectivity index (χ1v) is 12.7. The monoisotopic (exact) mass is 505 g/mol. The number of ether oxygens (including phenoxy) is 4. The zero-order valence-corrected chi connectivity index (χ0v) is 22.7. The van der Waals surface area contributed by atoms with Crippen LogP contribution < -0.4 is 5.32 Å². The standard InChI is InChI=1S/C31H39NO5/c1-24(31(22-35-30(5,6)36-23-31)32-28(33)37-29(2,3)4)27-18-16-25(17-19-27)13-11-8-12-20-34-21-26-14-9-7-10-15-26/h7,9-10,14-19H,1,8,12,20-23H2,2-6H3,(H,32,33). The lowest BCUT2D eigenvalue weighted by Gasteiger charge is -2.45. The highest BCUT2D eigenvalue weighted by Crippen LogP contribution is 2.33. The van der Waals surface area contributed by atoms with Gasteiger partial charge in [0.2, 0.25) is 0 Å². The van der Waals surface area contributed by atoms with E-state index in [2.05, 4.69) is 35.9 Å². The molecule has 1 amide bonds. The van der Waals surface area contributed by atoms with Gasteiger partial charge in [-0.05, 0) is 69.9 Å². The van der Waals surface area contributed by atoms with E-state index in [1.165, 1.54) is 5.56 Å². The molecule has 37 heavy (non-hydrogen) atoms. The van der Waals surface area contributed by atoms with Crippen molar-refractivity contribution in [1.29, 1.82) is 0 Å². The molecule has 198 valence electrons. The predicted octanol–water partition coefficient (Wildman–Crippen LogP) is 6.09. The lowest BCUT2D eigenvalue weighted by molar-refractivity contribution is -0.262. The Morgan fingerprint density at radius 2 is 1.70 bits per heavy atom. The molecule has 1 heterocycles. The minimum Gasteiger partial charge on any atom is -0.444 e. The molecule has 0 aromatic heterocycles. The van der Waals surface area contributed by atoms with Gasteiger partial charge >= 0.3 is 6.09 Å². The summed E-state index contributed by atoms with van der Waals surface area (Å²) in [4.78, 5) is 12.7.